The molecule has 0 bridgehead atoms. The number of nitrogens with one attached hydrogen (secondary N) is 2. The van der Waals surface area contributed by atoms with Gasteiger partial charge in [-0.1, -0.05) is 30.7 Å². The summed E-state index contributed by atoms with van der Waals surface area (Å²) in [6, 6.07) is 12.9. The number of urea groups is 1. The summed E-state index contributed by atoms with van der Waals surface area (Å²) in [7, 11) is 0. The second-order valence-corrected chi connectivity index (χ2v) is 7.29. The Morgan fingerprint density at radius 3 is 2.37 bits per heavy atom. The van der Waals surface area contributed by atoms with Crippen LogP contribution in [0.3, 0.4) is 0 Å². The van der Waals surface area contributed by atoms with Gasteiger partial charge in [0.1, 0.15) is 0 Å². The molecule has 1 atom stereocenters. The van der Waals surface area contributed by atoms with Crippen LogP contribution < -0.4 is 21.3 Å². The Labute approximate surface area is 178 Å². The lowest BCUT2D eigenvalue weighted by Gasteiger charge is -2.26. The van der Waals surface area contributed by atoms with Crippen LogP contribution in [0.25, 0.3) is 0 Å². The van der Waals surface area contributed by atoms with Gasteiger partial charge in [-0.15, -0.1) is 0 Å². The molecule has 5 N–H and O–H groups in total. The molecule has 0 aliphatic carbocycles. The topological polar surface area (TPSA) is 108 Å². The predicted octanol–water partition coefficient (Wildman–Crippen LogP) is 4.39. The number of likely N-dealkylation sites (N-methyl/N-ethyl adjacent to an activating group) is 1. The molecule has 0 radical (unpaired) electrons. The predicted molar refractivity (Wildman–Crippen MR) is 122 cm³/mol. The zero-order valence-corrected chi connectivity index (χ0v) is 17.9. The average molecular weight is 413 g/mol. The fraction of sp³-hybridized carbons (Fsp3) is 0.391. The summed E-state index contributed by atoms with van der Waals surface area (Å²) >= 11 is 0. The molecule has 2 aromatic carbocycles. The van der Waals surface area contributed by atoms with E-state index in [4.69, 9.17) is 5.73 Å². The van der Waals surface area contributed by atoms with Crippen LogP contribution in [-0.4, -0.2) is 36.7 Å². The van der Waals surface area contributed by atoms with Gasteiger partial charge < -0.3 is 26.4 Å². The van der Waals surface area contributed by atoms with Gasteiger partial charge in [0.25, 0.3) is 0 Å². The molecule has 0 saturated carbocycles. The van der Waals surface area contributed by atoms with Crippen molar-refractivity contribution in [3.05, 3.63) is 53.6 Å². The van der Waals surface area contributed by atoms with Gasteiger partial charge >= 0.3 is 12.0 Å². The summed E-state index contributed by atoms with van der Waals surface area (Å²) in [6.07, 6.45) is 0.742. The van der Waals surface area contributed by atoms with Gasteiger partial charge in [-0.3, -0.25) is 4.79 Å². The average Bonchev–Trinajstić information content (AvgIpc) is 2.72. The lowest BCUT2D eigenvalue weighted by molar-refractivity contribution is -0.137. The number of hydrogen-bond acceptors (Lipinski definition) is 4. The molecule has 0 aliphatic heterocycles. The maximum atomic E-state index is 12.7. The first kappa shape index (κ1) is 23.2. The fourth-order valence-electron chi connectivity index (χ4n) is 3.42. The Bertz CT molecular complexity index is 852. The third kappa shape index (κ3) is 6.49. The van der Waals surface area contributed by atoms with Crippen molar-refractivity contribution in [3.63, 3.8) is 0 Å². The minimum atomic E-state index is -0.837. The van der Waals surface area contributed by atoms with Crippen molar-refractivity contribution < 1.29 is 14.7 Å². The molecule has 2 aromatic rings. The first-order valence-corrected chi connectivity index (χ1v) is 10.3. The minimum absolute atomic E-state index is 0.0468. The van der Waals surface area contributed by atoms with E-state index in [9.17, 15) is 14.7 Å². The number of carboxylic acids is 1. The SMILES string of the molecule is CCC(CC(=O)O)c1ccc(N(CC)CCN)c(NC(=O)Nc2ccc(C)cc2)c1. The van der Waals surface area contributed by atoms with Crippen molar-refractivity contribution in [2.24, 2.45) is 5.73 Å². The number of aryl methyl sites for hydroxylation is 1. The van der Waals surface area contributed by atoms with Gasteiger partial charge in [0.15, 0.2) is 0 Å². The van der Waals surface area contributed by atoms with Crippen molar-refractivity contribution in [2.45, 2.75) is 39.5 Å². The van der Waals surface area contributed by atoms with Gasteiger partial charge in [0.05, 0.1) is 17.8 Å². The Hall–Kier alpha value is -3.06. The number of hydrogen-bond donors (Lipinski definition) is 4. The first-order chi connectivity index (χ1) is 14.4. The van der Waals surface area contributed by atoms with Gasteiger partial charge in [-0.05, 0) is 56.0 Å². The maximum Gasteiger partial charge on any atom is 0.323 e. The summed E-state index contributed by atoms with van der Waals surface area (Å²) in [5.74, 6) is -0.960. The van der Waals surface area contributed by atoms with Gasteiger partial charge in [0, 0.05) is 25.3 Å². The minimum Gasteiger partial charge on any atom is -0.481 e. The summed E-state index contributed by atoms with van der Waals surface area (Å²) in [6.45, 7) is 7.85. The molecule has 7 nitrogen and oxygen atoms in total. The Balaban J connectivity index is 2.33. The quantitative estimate of drug-likeness (QED) is 0.463. The summed E-state index contributed by atoms with van der Waals surface area (Å²) in [5.41, 5.74) is 9.94. The molecule has 30 heavy (non-hydrogen) atoms. The Morgan fingerprint density at radius 2 is 1.80 bits per heavy atom. The molecule has 7 heteroatoms. The number of nitrogens with two attached hydrogens (primary N) is 1. The smallest absolute Gasteiger partial charge is 0.323 e. The van der Waals surface area contributed by atoms with E-state index in [1.807, 2.05) is 63.2 Å². The summed E-state index contributed by atoms with van der Waals surface area (Å²) < 4.78 is 0. The molecule has 0 heterocycles. The van der Waals surface area contributed by atoms with Crippen molar-refractivity contribution in [1.29, 1.82) is 0 Å². The first-order valence-electron chi connectivity index (χ1n) is 10.3. The van der Waals surface area contributed by atoms with E-state index >= 15 is 0 Å². The van der Waals surface area contributed by atoms with Crippen LogP contribution in [0.1, 0.15) is 43.7 Å². The van der Waals surface area contributed by atoms with Crippen molar-refractivity contribution in [3.8, 4) is 0 Å². The third-order valence-corrected chi connectivity index (χ3v) is 5.08. The van der Waals surface area contributed by atoms with Gasteiger partial charge in [0.2, 0.25) is 0 Å². The summed E-state index contributed by atoms with van der Waals surface area (Å²) in [5, 5.41) is 15.0. The largest absolute Gasteiger partial charge is 0.481 e. The highest BCUT2D eigenvalue weighted by atomic mass is 16.4. The van der Waals surface area contributed by atoms with E-state index in [-0.39, 0.29) is 18.4 Å². The van der Waals surface area contributed by atoms with Crippen molar-refractivity contribution in [1.82, 2.24) is 0 Å². The van der Waals surface area contributed by atoms with Gasteiger partial charge in [-0.2, -0.15) is 0 Å². The number of nitrogens with zero attached hydrogens (tertiary/aromatic N) is 1. The zero-order valence-electron chi connectivity index (χ0n) is 17.9. The highest BCUT2D eigenvalue weighted by Gasteiger charge is 2.18. The van der Waals surface area contributed by atoms with Crippen LogP contribution in [0.2, 0.25) is 0 Å². The number of carbonyl (C=O) groups excluding carboxylic acids is 1. The zero-order chi connectivity index (χ0) is 22.1. The van der Waals surface area contributed by atoms with E-state index in [1.54, 1.807) is 0 Å². The normalized spacial score (nSPS) is 11.6. The molecule has 0 aromatic heterocycles. The van der Waals surface area contributed by atoms with E-state index < -0.39 is 5.97 Å². The van der Waals surface area contributed by atoms with E-state index in [2.05, 4.69) is 15.5 Å². The van der Waals surface area contributed by atoms with Crippen LogP contribution >= 0.6 is 0 Å². The Kier molecular flexibility index (Phi) is 8.68. The molecular formula is C23H32N4O3. The van der Waals surface area contributed by atoms with E-state index in [0.29, 0.717) is 30.9 Å². The van der Waals surface area contributed by atoms with Crippen LogP contribution in [-0.2, 0) is 4.79 Å². The van der Waals surface area contributed by atoms with E-state index in [1.165, 1.54) is 0 Å². The lowest BCUT2D eigenvalue weighted by atomic mass is 9.92. The highest BCUT2D eigenvalue weighted by molar-refractivity contribution is 6.02. The van der Waals surface area contributed by atoms with Crippen LogP contribution in [0, 0.1) is 6.92 Å². The maximum absolute atomic E-state index is 12.7. The van der Waals surface area contributed by atoms with E-state index in [0.717, 1.165) is 23.4 Å². The van der Waals surface area contributed by atoms with Gasteiger partial charge in [-0.25, -0.2) is 4.79 Å². The molecule has 0 spiro atoms. The molecule has 0 aliphatic rings. The lowest BCUT2D eigenvalue weighted by Crippen LogP contribution is -2.30. The van der Waals surface area contributed by atoms with Crippen LogP contribution in [0.15, 0.2) is 42.5 Å². The number of anilines is 3. The third-order valence-electron chi connectivity index (χ3n) is 5.08. The molecular weight excluding hydrogens is 380 g/mol. The number of carbonyl (C=O) groups is 2. The molecule has 0 fully saturated rings. The monoisotopic (exact) mass is 412 g/mol. The number of carboxylic acid groups (broad SMARTS) is 1. The number of amides is 2. The number of benzene rings is 2. The standard InChI is InChI=1S/C23H32N4O3/c1-4-17(15-22(28)29)18-8-11-21(27(5-2)13-12-24)20(14-18)26-23(30)25-19-9-6-16(3)7-10-19/h6-11,14,17H,4-5,12-13,15,24H2,1-3H3,(H,28,29)(H2,25,26,30). The molecule has 162 valence electrons. The van der Waals surface area contributed by atoms with Crippen LogP contribution in [0.4, 0.5) is 21.9 Å². The Morgan fingerprint density at radius 1 is 1.10 bits per heavy atom. The number of aliphatic carboxylic acids is 1. The highest BCUT2D eigenvalue weighted by Crippen LogP contribution is 2.32. The second kappa shape index (κ2) is 11.2. The van der Waals surface area contributed by atoms with Crippen molar-refractivity contribution >= 4 is 29.1 Å². The van der Waals surface area contributed by atoms with Crippen molar-refractivity contribution in [2.75, 3.05) is 35.2 Å². The molecule has 0 saturated heterocycles. The van der Waals surface area contributed by atoms with Crippen LogP contribution in [0.5, 0.6) is 0 Å². The molecule has 1 unspecified atom stereocenters. The number of rotatable bonds is 10. The fourth-order valence-corrected chi connectivity index (χ4v) is 3.42. The molecule has 2 rings (SSSR count). The molecule has 2 amide bonds. The second-order valence-electron chi connectivity index (χ2n) is 7.29. The summed E-state index contributed by atoms with van der Waals surface area (Å²) in [4.78, 5) is 26.0.